The molecule has 1 unspecified atom stereocenters. The van der Waals surface area contributed by atoms with Gasteiger partial charge in [0.05, 0.1) is 31.5 Å². The number of hydrogen-bond donors (Lipinski definition) is 3. The lowest BCUT2D eigenvalue weighted by atomic mass is 10.2. The van der Waals surface area contributed by atoms with Gasteiger partial charge in [-0.25, -0.2) is 0 Å². The summed E-state index contributed by atoms with van der Waals surface area (Å²) in [4.78, 5) is 25.0. The molecular formula is C23H18Cl4N2O4. The fourth-order valence-electron chi connectivity index (χ4n) is 2.77. The molecule has 6 nitrogen and oxygen atoms in total. The summed E-state index contributed by atoms with van der Waals surface area (Å²) in [6.07, 6.45) is -0.905. The van der Waals surface area contributed by atoms with Crippen LogP contribution in [-0.2, 0) is 4.79 Å². The summed E-state index contributed by atoms with van der Waals surface area (Å²) in [5, 5.41) is 16.5. The van der Waals surface area contributed by atoms with Gasteiger partial charge in [0.25, 0.3) is 11.8 Å². The molecule has 0 aliphatic carbocycles. The van der Waals surface area contributed by atoms with Crippen LogP contribution >= 0.6 is 46.4 Å². The number of hydrogen-bond acceptors (Lipinski definition) is 4. The van der Waals surface area contributed by atoms with Gasteiger partial charge in [0.2, 0.25) is 0 Å². The zero-order chi connectivity index (χ0) is 24.3. The first-order valence-corrected chi connectivity index (χ1v) is 11.1. The van der Waals surface area contributed by atoms with Crippen LogP contribution in [0.5, 0.6) is 11.5 Å². The molecule has 33 heavy (non-hydrogen) atoms. The zero-order valence-corrected chi connectivity index (χ0v) is 20.4. The summed E-state index contributed by atoms with van der Waals surface area (Å²) in [5.41, 5.74) is 1.37. The average Bonchev–Trinajstić information content (AvgIpc) is 2.75. The number of amides is 2. The van der Waals surface area contributed by atoms with Crippen molar-refractivity contribution in [3.05, 3.63) is 79.7 Å². The van der Waals surface area contributed by atoms with E-state index in [1.165, 1.54) is 30.3 Å². The molecule has 0 saturated heterocycles. The maximum absolute atomic E-state index is 12.6. The van der Waals surface area contributed by atoms with E-state index in [0.717, 1.165) is 5.56 Å². The number of phenolic OH excluding ortho intramolecular Hbond substituents is 1. The lowest BCUT2D eigenvalue weighted by molar-refractivity contribution is -0.122. The third-order valence-corrected chi connectivity index (χ3v) is 5.88. The van der Waals surface area contributed by atoms with Gasteiger partial charge in [0.1, 0.15) is 11.5 Å². The number of rotatable bonds is 6. The number of halogens is 4. The van der Waals surface area contributed by atoms with Crippen LogP contribution in [-0.4, -0.2) is 23.0 Å². The van der Waals surface area contributed by atoms with Gasteiger partial charge in [-0.3, -0.25) is 9.59 Å². The number of aryl methyl sites for hydroxylation is 1. The van der Waals surface area contributed by atoms with Crippen molar-refractivity contribution < 1.29 is 19.4 Å². The van der Waals surface area contributed by atoms with Gasteiger partial charge in [0, 0.05) is 11.6 Å². The molecule has 0 spiro atoms. The lowest BCUT2D eigenvalue weighted by Crippen LogP contribution is -2.30. The van der Waals surface area contributed by atoms with Crippen LogP contribution in [0.3, 0.4) is 0 Å². The molecular weight excluding hydrogens is 510 g/mol. The molecule has 3 aromatic rings. The van der Waals surface area contributed by atoms with E-state index >= 15 is 0 Å². The highest BCUT2D eigenvalue weighted by Gasteiger charge is 2.19. The van der Waals surface area contributed by atoms with Crippen molar-refractivity contribution in [2.75, 3.05) is 10.6 Å². The first-order valence-electron chi connectivity index (χ1n) is 9.57. The topological polar surface area (TPSA) is 87.7 Å². The normalized spacial score (nSPS) is 11.6. The third-order valence-electron chi connectivity index (χ3n) is 4.53. The minimum atomic E-state index is -0.905. The van der Waals surface area contributed by atoms with Crippen LogP contribution in [0.25, 0.3) is 0 Å². The van der Waals surface area contributed by atoms with E-state index in [-0.39, 0.29) is 32.7 Å². The van der Waals surface area contributed by atoms with E-state index in [4.69, 9.17) is 51.1 Å². The van der Waals surface area contributed by atoms with Crippen molar-refractivity contribution in [3.8, 4) is 11.5 Å². The smallest absolute Gasteiger partial charge is 0.265 e. The second-order valence-electron chi connectivity index (χ2n) is 7.12. The Morgan fingerprint density at radius 3 is 2.24 bits per heavy atom. The maximum Gasteiger partial charge on any atom is 0.265 e. The third kappa shape index (κ3) is 6.24. The Morgan fingerprint density at radius 1 is 0.848 bits per heavy atom. The molecule has 0 heterocycles. The van der Waals surface area contributed by atoms with Crippen molar-refractivity contribution >= 4 is 69.6 Å². The number of benzene rings is 3. The monoisotopic (exact) mass is 526 g/mol. The predicted octanol–water partition coefficient (Wildman–Crippen LogP) is 6.97. The minimum absolute atomic E-state index is 0.0461. The molecule has 1 atom stereocenters. The van der Waals surface area contributed by atoms with E-state index in [0.29, 0.717) is 15.8 Å². The van der Waals surface area contributed by atoms with Gasteiger partial charge in [-0.15, -0.1) is 0 Å². The van der Waals surface area contributed by atoms with Crippen LogP contribution in [0.2, 0.25) is 20.1 Å². The summed E-state index contributed by atoms with van der Waals surface area (Å²) >= 11 is 24.2. The van der Waals surface area contributed by atoms with Gasteiger partial charge in [-0.1, -0.05) is 52.5 Å². The second kappa shape index (κ2) is 10.5. The molecule has 0 aliphatic rings. The molecule has 3 rings (SSSR count). The average molecular weight is 528 g/mol. The summed E-state index contributed by atoms with van der Waals surface area (Å²) in [5.74, 6) is -0.994. The molecule has 10 heteroatoms. The number of carbonyl (C=O) groups is 2. The Hall–Kier alpha value is -2.64. The van der Waals surface area contributed by atoms with Crippen LogP contribution in [0, 0.1) is 6.92 Å². The van der Waals surface area contributed by atoms with Gasteiger partial charge in [0.15, 0.2) is 6.10 Å². The zero-order valence-electron chi connectivity index (χ0n) is 17.4. The van der Waals surface area contributed by atoms with Crippen LogP contribution in [0.1, 0.15) is 22.8 Å². The highest BCUT2D eigenvalue weighted by atomic mass is 35.5. The first kappa shape index (κ1) is 25.0. The van der Waals surface area contributed by atoms with Crippen LogP contribution < -0.4 is 15.4 Å². The van der Waals surface area contributed by atoms with Gasteiger partial charge >= 0.3 is 0 Å². The highest BCUT2D eigenvalue weighted by Crippen LogP contribution is 2.35. The Bertz CT molecular complexity index is 1230. The van der Waals surface area contributed by atoms with E-state index in [2.05, 4.69) is 10.6 Å². The van der Waals surface area contributed by atoms with Crippen molar-refractivity contribution in [3.63, 3.8) is 0 Å². The molecule has 0 aromatic heterocycles. The Labute approximate surface area is 210 Å². The molecule has 2 amide bonds. The Morgan fingerprint density at radius 2 is 1.58 bits per heavy atom. The first-order chi connectivity index (χ1) is 15.5. The molecule has 0 bridgehead atoms. The summed E-state index contributed by atoms with van der Waals surface area (Å²) < 4.78 is 5.62. The maximum atomic E-state index is 12.6. The SMILES string of the molecule is Cc1ccc(OC(C)C(=O)Nc2cc(O)c(NC(=O)c3ccc(Cl)c(Cl)c3)cc2Cl)c(Cl)c1. The Kier molecular flexibility index (Phi) is 7.97. The quantitative estimate of drug-likeness (QED) is 0.302. The van der Waals surface area contributed by atoms with Crippen LogP contribution in [0.15, 0.2) is 48.5 Å². The number of anilines is 2. The molecule has 0 fully saturated rings. The molecule has 0 radical (unpaired) electrons. The standard InChI is InChI=1S/C23H18Cl4N2O4/c1-11-3-6-21(17(27)7-11)33-12(2)22(31)28-18-10-20(30)19(9-16(18)26)29-23(32)13-4-5-14(24)15(25)8-13/h3-10,12,30H,1-2H3,(H,28,31)(H,29,32). The van der Waals surface area contributed by atoms with E-state index in [9.17, 15) is 14.7 Å². The summed E-state index contributed by atoms with van der Waals surface area (Å²) in [6, 6.07) is 12.1. The number of phenols is 1. The fourth-order valence-corrected chi connectivity index (χ4v) is 3.56. The van der Waals surface area contributed by atoms with Gasteiger partial charge < -0.3 is 20.5 Å². The minimum Gasteiger partial charge on any atom is -0.506 e. The molecule has 3 N–H and O–H groups in total. The number of aromatic hydroxyl groups is 1. The fraction of sp³-hybridized carbons (Fsp3) is 0.130. The Balaban J connectivity index is 1.70. The van der Waals surface area contributed by atoms with E-state index in [1.54, 1.807) is 19.1 Å². The molecule has 172 valence electrons. The molecule has 3 aromatic carbocycles. The van der Waals surface area contributed by atoms with Crippen molar-refractivity contribution in [2.45, 2.75) is 20.0 Å². The molecule has 0 aliphatic heterocycles. The summed E-state index contributed by atoms with van der Waals surface area (Å²) in [6.45, 7) is 3.43. The van der Waals surface area contributed by atoms with Gasteiger partial charge in [-0.05, 0) is 55.8 Å². The number of carbonyl (C=O) groups excluding carboxylic acids is 2. The predicted molar refractivity (Wildman–Crippen MR) is 132 cm³/mol. The lowest BCUT2D eigenvalue weighted by Gasteiger charge is -2.17. The van der Waals surface area contributed by atoms with Crippen molar-refractivity contribution in [1.82, 2.24) is 0 Å². The summed E-state index contributed by atoms with van der Waals surface area (Å²) in [7, 11) is 0. The van der Waals surface area contributed by atoms with Crippen molar-refractivity contribution in [2.24, 2.45) is 0 Å². The van der Waals surface area contributed by atoms with Crippen molar-refractivity contribution in [1.29, 1.82) is 0 Å². The second-order valence-corrected chi connectivity index (χ2v) is 8.74. The highest BCUT2D eigenvalue weighted by molar-refractivity contribution is 6.42. The largest absolute Gasteiger partial charge is 0.506 e. The number of ether oxygens (including phenoxy) is 1. The van der Waals surface area contributed by atoms with E-state index in [1.807, 2.05) is 13.0 Å². The molecule has 0 saturated carbocycles. The van der Waals surface area contributed by atoms with Crippen LogP contribution in [0.4, 0.5) is 11.4 Å². The van der Waals surface area contributed by atoms with E-state index < -0.39 is 17.9 Å². The number of nitrogens with one attached hydrogen (secondary N) is 2. The van der Waals surface area contributed by atoms with Gasteiger partial charge in [-0.2, -0.15) is 0 Å².